The molecule has 0 bridgehead atoms. The van der Waals surface area contributed by atoms with E-state index in [1.807, 2.05) is 36.4 Å². The maximum absolute atomic E-state index is 12.3. The lowest BCUT2D eigenvalue weighted by atomic mass is 10.0. The van der Waals surface area contributed by atoms with Gasteiger partial charge in [-0.05, 0) is 29.1 Å². The summed E-state index contributed by atoms with van der Waals surface area (Å²) in [6.07, 6.45) is 12.4. The number of fused-ring (bicyclic) bond motifs is 1. The number of rotatable bonds is 5. The molecule has 1 aliphatic rings. The highest BCUT2D eigenvalue weighted by Gasteiger charge is 2.09. The zero-order valence-electron chi connectivity index (χ0n) is 17.9. The number of nitrogens with zero attached hydrogens (tertiary/aromatic N) is 1. The molecule has 0 radical (unpaired) electrons. The summed E-state index contributed by atoms with van der Waals surface area (Å²) >= 11 is 1.55. The van der Waals surface area contributed by atoms with Gasteiger partial charge < -0.3 is 10.6 Å². The van der Waals surface area contributed by atoms with Gasteiger partial charge in [-0.25, -0.2) is 4.79 Å². The van der Waals surface area contributed by atoms with E-state index in [1.54, 1.807) is 23.7 Å². The third kappa shape index (κ3) is 7.11. The lowest BCUT2D eigenvalue weighted by Gasteiger charge is -2.13. The molecule has 3 aromatic rings. The summed E-state index contributed by atoms with van der Waals surface area (Å²) < 4.78 is 1.15. The zero-order valence-corrected chi connectivity index (χ0v) is 18.7. The molecular weight excluding hydrogens is 392 g/mol. The summed E-state index contributed by atoms with van der Waals surface area (Å²) in [6.45, 7) is 4.85. The molecule has 1 saturated carbocycles. The van der Waals surface area contributed by atoms with E-state index in [0.717, 1.165) is 20.7 Å². The molecule has 0 aliphatic heterocycles. The van der Waals surface area contributed by atoms with Crippen LogP contribution < -0.4 is 16.0 Å². The number of anilines is 2. The standard InChI is InChI=1S/C18H20N4OS.C6H12/c1-12(2)20-10-14-7-8-19-11-15(14)21-18(23)22-17-9-13-5-3-4-6-16(13)24-17;1-2-4-6-5-3-1/h3-9,11-12,20H,10H2,1-2H3,(H2,21,22,23);1-6H2. The second-order valence-electron chi connectivity index (χ2n) is 7.92. The summed E-state index contributed by atoms with van der Waals surface area (Å²) in [6, 6.07) is 12.0. The van der Waals surface area contributed by atoms with E-state index < -0.39 is 0 Å². The summed E-state index contributed by atoms with van der Waals surface area (Å²) in [5, 5.41) is 11.1. The zero-order chi connectivity index (χ0) is 21.2. The van der Waals surface area contributed by atoms with E-state index >= 15 is 0 Å². The lowest BCUT2D eigenvalue weighted by molar-refractivity contribution is 0.262. The molecule has 2 amide bonds. The minimum atomic E-state index is -0.264. The third-order valence-electron chi connectivity index (χ3n) is 5.02. The van der Waals surface area contributed by atoms with Crippen LogP contribution in [0.5, 0.6) is 0 Å². The number of benzene rings is 1. The van der Waals surface area contributed by atoms with Gasteiger partial charge in [0, 0.05) is 23.5 Å². The Bertz CT molecular complexity index is 889. The Labute approximate surface area is 183 Å². The van der Waals surface area contributed by atoms with Gasteiger partial charge in [-0.15, -0.1) is 11.3 Å². The molecule has 0 saturated heterocycles. The van der Waals surface area contributed by atoms with Crippen LogP contribution in [0.3, 0.4) is 0 Å². The molecule has 160 valence electrons. The van der Waals surface area contributed by atoms with Crippen LogP contribution >= 0.6 is 11.3 Å². The molecule has 4 rings (SSSR count). The number of pyridine rings is 1. The van der Waals surface area contributed by atoms with Crippen LogP contribution in [-0.2, 0) is 6.54 Å². The second kappa shape index (κ2) is 11.7. The highest BCUT2D eigenvalue weighted by atomic mass is 32.1. The average molecular weight is 425 g/mol. The van der Waals surface area contributed by atoms with E-state index in [4.69, 9.17) is 0 Å². The molecule has 0 spiro atoms. The highest BCUT2D eigenvalue weighted by Crippen LogP contribution is 2.29. The fourth-order valence-corrected chi connectivity index (χ4v) is 4.33. The number of hydrogen-bond acceptors (Lipinski definition) is 4. The van der Waals surface area contributed by atoms with Gasteiger partial charge in [0.25, 0.3) is 0 Å². The van der Waals surface area contributed by atoms with Gasteiger partial charge in [-0.1, -0.05) is 70.6 Å². The largest absolute Gasteiger partial charge is 0.324 e. The molecule has 2 heterocycles. The predicted octanol–water partition coefficient (Wildman–Crippen LogP) is 6.78. The number of carbonyl (C=O) groups is 1. The first kappa shape index (κ1) is 22.2. The maximum atomic E-state index is 12.3. The van der Waals surface area contributed by atoms with Crippen LogP contribution in [-0.4, -0.2) is 17.1 Å². The number of aromatic nitrogens is 1. The molecule has 3 N–H and O–H groups in total. The molecule has 0 unspecified atom stereocenters. The van der Waals surface area contributed by atoms with Crippen molar-refractivity contribution in [3.63, 3.8) is 0 Å². The first-order chi connectivity index (χ1) is 14.6. The molecule has 1 aromatic carbocycles. The molecule has 2 aromatic heterocycles. The average Bonchev–Trinajstić information content (AvgIpc) is 3.17. The van der Waals surface area contributed by atoms with Crippen molar-refractivity contribution in [3.8, 4) is 0 Å². The summed E-state index contributed by atoms with van der Waals surface area (Å²) in [5.41, 5.74) is 1.72. The first-order valence-electron chi connectivity index (χ1n) is 10.8. The molecular formula is C24H32N4OS. The summed E-state index contributed by atoms with van der Waals surface area (Å²) in [4.78, 5) is 16.4. The number of thiophene rings is 1. The maximum Gasteiger partial charge on any atom is 0.324 e. The number of hydrogen-bond donors (Lipinski definition) is 3. The fourth-order valence-electron chi connectivity index (χ4n) is 3.37. The predicted molar refractivity (Wildman–Crippen MR) is 128 cm³/mol. The fraction of sp³-hybridized carbons (Fsp3) is 0.417. The van der Waals surface area contributed by atoms with Gasteiger partial charge in [0.15, 0.2) is 0 Å². The van der Waals surface area contributed by atoms with Crippen LogP contribution in [0.2, 0.25) is 0 Å². The van der Waals surface area contributed by atoms with E-state index in [2.05, 4.69) is 34.8 Å². The van der Waals surface area contributed by atoms with Crippen molar-refractivity contribution < 1.29 is 4.79 Å². The van der Waals surface area contributed by atoms with Gasteiger partial charge >= 0.3 is 6.03 Å². The van der Waals surface area contributed by atoms with Gasteiger partial charge in [0.1, 0.15) is 0 Å². The van der Waals surface area contributed by atoms with Crippen LogP contribution in [0, 0.1) is 0 Å². The number of urea groups is 1. The topological polar surface area (TPSA) is 66.0 Å². The van der Waals surface area contributed by atoms with Crippen LogP contribution in [0.4, 0.5) is 15.5 Å². The van der Waals surface area contributed by atoms with Crippen LogP contribution in [0.15, 0.2) is 48.8 Å². The minimum Gasteiger partial charge on any atom is -0.310 e. The molecule has 5 nitrogen and oxygen atoms in total. The Kier molecular flexibility index (Phi) is 8.66. The Morgan fingerprint density at radius 1 is 1.03 bits per heavy atom. The Morgan fingerprint density at radius 3 is 2.40 bits per heavy atom. The normalized spacial score (nSPS) is 13.6. The minimum absolute atomic E-state index is 0.264. The van der Waals surface area contributed by atoms with E-state index in [0.29, 0.717) is 18.3 Å². The molecule has 0 atom stereocenters. The van der Waals surface area contributed by atoms with E-state index in [9.17, 15) is 4.79 Å². The summed E-state index contributed by atoms with van der Waals surface area (Å²) in [5.74, 6) is 0. The van der Waals surface area contributed by atoms with Crippen molar-refractivity contribution in [2.24, 2.45) is 0 Å². The molecule has 1 aliphatic carbocycles. The van der Waals surface area contributed by atoms with Crippen molar-refractivity contribution >= 4 is 38.1 Å². The van der Waals surface area contributed by atoms with Crippen molar-refractivity contribution in [3.05, 3.63) is 54.4 Å². The van der Waals surface area contributed by atoms with Crippen LogP contribution in [0.1, 0.15) is 57.9 Å². The van der Waals surface area contributed by atoms with Crippen molar-refractivity contribution in [2.45, 2.75) is 65.0 Å². The monoisotopic (exact) mass is 424 g/mol. The third-order valence-corrected chi connectivity index (χ3v) is 6.05. The van der Waals surface area contributed by atoms with E-state index in [1.165, 1.54) is 38.5 Å². The number of carbonyl (C=O) groups excluding carboxylic acids is 1. The van der Waals surface area contributed by atoms with Crippen molar-refractivity contribution in [1.82, 2.24) is 10.3 Å². The number of nitrogens with one attached hydrogen (secondary N) is 3. The lowest BCUT2D eigenvalue weighted by Crippen LogP contribution is -2.24. The SMILES string of the molecule is C1CCCCC1.CC(C)NCc1ccncc1NC(=O)Nc1cc2ccccc2s1. The van der Waals surface area contributed by atoms with Gasteiger partial charge in [0.05, 0.1) is 16.9 Å². The molecule has 6 heteroatoms. The Morgan fingerprint density at radius 2 is 1.73 bits per heavy atom. The van der Waals surface area contributed by atoms with Gasteiger partial charge in [-0.3, -0.25) is 10.3 Å². The summed E-state index contributed by atoms with van der Waals surface area (Å²) in [7, 11) is 0. The van der Waals surface area contributed by atoms with Crippen LogP contribution in [0.25, 0.3) is 10.1 Å². The molecule has 30 heavy (non-hydrogen) atoms. The first-order valence-corrected chi connectivity index (χ1v) is 11.7. The quantitative estimate of drug-likeness (QED) is 0.423. The Balaban J connectivity index is 0.000000367. The van der Waals surface area contributed by atoms with Crippen molar-refractivity contribution in [2.75, 3.05) is 10.6 Å². The Hall–Kier alpha value is -2.44. The molecule has 1 fully saturated rings. The smallest absolute Gasteiger partial charge is 0.310 e. The van der Waals surface area contributed by atoms with Crippen molar-refractivity contribution in [1.29, 1.82) is 0 Å². The number of amides is 2. The van der Waals surface area contributed by atoms with E-state index in [-0.39, 0.29) is 6.03 Å². The van der Waals surface area contributed by atoms with Gasteiger partial charge in [-0.2, -0.15) is 0 Å². The second-order valence-corrected chi connectivity index (χ2v) is 9.00. The highest BCUT2D eigenvalue weighted by molar-refractivity contribution is 7.22. The van der Waals surface area contributed by atoms with Gasteiger partial charge in [0.2, 0.25) is 0 Å².